The molecular weight excluding hydrogens is 356 g/mol. The first-order chi connectivity index (χ1) is 13.7. The number of hydrogen-bond donors (Lipinski definition) is 1. The largest absolute Gasteiger partial charge is 0.493 e. The monoisotopic (exact) mass is 382 g/mol. The van der Waals surface area contributed by atoms with Gasteiger partial charge in [0.15, 0.2) is 18.1 Å². The molecule has 1 amide bonds. The minimum absolute atomic E-state index is 0.0764. The topological polar surface area (TPSA) is 80.6 Å². The Hall–Kier alpha value is -3.20. The van der Waals surface area contributed by atoms with Gasteiger partial charge in [0.1, 0.15) is 5.75 Å². The summed E-state index contributed by atoms with van der Waals surface area (Å²) in [5.74, 6) is 1.72. The van der Waals surface area contributed by atoms with Crippen LogP contribution in [-0.2, 0) is 17.8 Å². The maximum Gasteiger partial charge on any atom is 0.258 e. The Morgan fingerprint density at radius 3 is 2.50 bits per heavy atom. The zero-order chi connectivity index (χ0) is 20.2. The van der Waals surface area contributed by atoms with Crippen LogP contribution in [0.1, 0.15) is 30.9 Å². The van der Waals surface area contributed by atoms with Crippen molar-refractivity contribution in [2.24, 2.45) is 0 Å². The molecule has 0 aliphatic heterocycles. The second kappa shape index (κ2) is 11.5. The van der Waals surface area contributed by atoms with E-state index in [0.29, 0.717) is 36.8 Å². The zero-order valence-electron chi connectivity index (χ0n) is 16.4. The summed E-state index contributed by atoms with van der Waals surface area (Å²) in [6.45, 7) is 3.06. The van der Waals surface area contributed by atoms with Crippen LogP contribution in [0, 0.1) is 11.3 Å². The molecular formula is C22H26N2O4. The predicted molar refractivity (Wildman–Crippen MR) is 106 cm³/mol. The van der Waals surface area contributed by atoms with E-state index in [9.17, 15) is 4.79 Å². The molecule has 0 spiro atoms. The van der Waals surface area contributed by atoms with Gasteiger partial charge in [-0.15, -0.1) is 0 Å². The van der Waals surface area contributed by atoms with Crippen molar-refractivity contribution in [2.75, 3.05) is 20.3 Å². The SMILES string of the molecule is CCCCOc1ccc(CNC(=O)COc2ccc(CC#N)cc2)cc1OC. The Morgan fingerprint density at radius 1 is 1.07 bits per heavy atom. The molecule has 0 aliphatic carbocycles. The molecule has 6 heteroatoms. The number of nitrogens with one attached hydrogen (secondary N) is 1. The molecule has 1 N–H and O–H groups in total. The van der Waals surface area contributed by atoms with Crippen molar-refractivity contribution in [3.8, 4) is 23.3 Å². The smallest absolute Gasteiger partial charge is 0.258 e. The number of benzene rings is 2. The number of unbranched alkanes of at least 4 members (excludes halogenated alkanes) is 1. The molecule has 0 heterocycles. The van der Waals surface area contributed by atoms with Crippen LogP contribution in [0.25, 0.3) is 0 Å². The van der Waals surface area contributed by atoms with Gasteiger partial charge in [-0.05, 0) is 41.8 Å². The highest BCUT2D eigenvalue weighted by Crippen LogP contribution is 2.28. The summed E-state index contributed by atoms with van der Waals surface area (Å²) < 4.78 is 16.6. The summed E-state index contributed by atoms with van der Waals surface area (Å²) in [7, 11) is 1.60. The second-order valence-corrected chi connectivity index (χ2v) is 6.23. The number of nitrogens with zero attached hydrogens (tertiary/aromatic N) is 1. The van der Waals surface area contributed by atoms with E-state index in [2.05, 4.69) is 18.3 Å². The summed E-state index contributed by atoms with van der Waals surface area (Å²) in [6.07, 6.45) is 2.41. The van der Waals surface area contributed by atoms with E-state index in [-0.39, 0.29) is 12.5 Å². The van der Waals surface area contributed by atoms with E-state index >= 15 is 0 Å². The lowest BCUT2D eigenvalue weighted by Crippen LogP contribution is -2.28. The van der Waals surface area contributed by atoms with Crippen molar-refractivity contribution < 1.29 is 19.0 Å². The molecule has 0 aliphatic rings. The zero-order valence-corrected chi connectivity index (χ0v) is 16.4. The predicted octanol–water partition coefficient (Wildman–Crippen LogP) is 3.64. The van der Waals surface area contributed by atoms with Crippen LogP contribution in [0.5, 0.6) is 17.2 Å². The van der Waals surface area contributed by atoms with Crippen LogP contribution in [0.3, 0.4) is 0 Å². The Morgan fingerprint density at radius 2 is 1.82 bits per heavy atom. The Bertz CT molecular complexity index is 797. The molecule has 6 nitrogen and oxygen atoms in total. The molecule has 2 aromatic rings. The van der Waals surface area contributed by atoms with Crippen molar-refractivity contribution in [3.63, 3.8) is 0 Å². The Balaban J connectivity index is 1.80. The van der Waals surface area contributed by atoms with Crippen LogP contribution in [0.15, 0.2) is 42.5 Å². The van der Waals surface area contributed by atoms with Crippen molar-refractivity contribution in [3.05, 3.63) is 53.6 Å². The van der Waals surface area contributed by atoms with Crippen molar-refractivity contribution in [2.45, 2.75) is 32.7 Å². The van der Waals surface area contributed by atoms with Crippen LogP contribution >= 0.6 is 0 Å². The van der Waals surface area contributed by atoms with Gasteiger partial charge < -0.3 is 19.5 Å². The van der Waals surface area contributed by atoms with Crippen LogP contribution in [-0.4, -0.2) is 26.2 Å². The van der Waals surface area contributed by atoms with Crippen molar-refractivity contribution in [1.82, 2.24) is 5.32 Å². The summed E-state index contributed by atoms with van der Waals surface area (Å²) in [6, 6.07) is 14.8. The number of methoxy groups -OCH3 is 1. The minimum atomic E-state index is -0.219. The van der Waals surface area contributed by atoms with Gasteiger partial charge >= 0.3 is 0 Å². The molecule has 0 bridgehead atoms. The third-order valence-electron chi connectivity index (χ3n) is 4.05. The average Bonchev–Trinajstić information content (AvgIpc) is 2.72. The average molecular weight is 382 g/mol. The number of ether oxygens (including phenoxy) is 3. The van der Waals surface area contributed by atoms with Gasteiger partial charge in [-0.3, -0.25) is 4.79 Å². The highest BCUT2D eigenvalue weighted by molar-refractivity contribution is 5.77. The minimum Gasteiger partial charge on any atom is -0.493 e. The molecule has 0 fully saturated rings. The molecule has 0 radical (unpaired) electrons. The van der Waals surface area contributed by atoms with Crippen LogP contribution < -0.4 is 19.5 Å². The van der Waals surface area contributed by atoms with Gasteiger partial charge in [-0.25, -0.2) is 0 Å². The van der Waals surface area contributed by atoms with Gasteiger partial charge in [0.2, 0.25) is 0 Å². The normalized spacial score (nSPS) is 10.0. The lowest BCUT2D eigenvalue weighted by atomic mass is 10.2. The molecule has 0 saturated heterocycles. The van der Waals surface area contributed by atoms with Crippen molar-refractivity contribution in [1.29, 1.82) is 5.26 Å². The van der Waals surface area contributed by atoms with E-state index in [4.69, 9.17) is 19.5 Å². The van der Waals surface area contributed by atoms with Gasteiger partial charge in [-0.2, -0.15) is 5.26 Å². The number of carbonyl (C=O) groups is 1. The molecule has 0 aromatic heterocycles. The van der Waals surface area contributed by atoms with E-state index in [1.807, 2.05) is 30.3 Å². The fourth-order valence-corrected chi connectivity index (χ4v) is 2.46. The molecule has 148 valence electrons. The van der Waals surface area contributed by atoms with Crippen molar-refractivity contribution >= 4 is 5.91 Å². The van der Waals surface area contributed by atoms with E-state index in [1.165, 1.54) is 0 Å². The maximum absolute atomic E-state index is 12.0. The van der Waals surface area contributed by atoms with E-state index in [1.54, 1.807) is 19.2 Å². The summed E-state index contributed by atoms with van der Waals surface area (Å²) >= 11 is 0. The molecule has 0 atom stereocenters. The summed E-state index contributed by atoms with van der Waals surface area (Å²) in [4.78, 5) is 12.0. The number of amides is 1. The van der Waals surface area contributed by atoms with Crippen LogP contribution in [0.4, 0.5) is 0 Å². The highest BCUT2D eigenvalue weighted by Gasteiger charge is 2.08. The first-order valence-electron chi connectivity index (χ1n) is 9.31. The maximum atomic E-state index is 12.0. The third-order valence-corrected chi connectivity index (χ3v) is 4.05. The fraction of sp³-hybridized carbons (Fsp3) is 0.364. The summed E-state index contributed by atoms with van der Waals surface area (Å²) in [5, 5.41) is 11.5. The molecule has 0 saturated carbocycles. The van der Waals surface area contributed by atoms with Crippen LogP contribution in [0.2, 0.25) is 0 Å². The van der Waals surface area contributed by atoms with Gasteiger partial charge in [-0.1, -0.05) is 31.5 Å². The second-order valence-electron chi connectivity index (χ2n) is 6.23. The standard InChI is InChI=1S/C22H26N2O4/c1-3-4-13-27-20-10-7-18(14-21(20)26-2)15-24-22(25)16-28-19-8-5-17(6-9-19)11-12-23/h5-10,14H,3-4,11,13,15-16H2,1-2H3,(H,24,25). The molecule has 0 unspecified atom stereocenters. The molecule has 2 aromatic carbocycles. The first-order valence-corrected chi connectivity index (χ1v) is 9.31. The number of hydrogen-bond acceptors (Lipinski definition) is 5. The first kappa shape index (κ1) is 21.1. The lowest BCUT2D eigenvalue weighted by molar-refractivity contribution is -0.123. The lowest BCUT2D eigenvalue weighted by Gasteiger charge is -2.12. The number of carbonyl (C=O) groups excluding carboxylic acids is 1. The van der Waals surface area contributed by atoms with Gasteiger partial charge in [0.05, 0.1) is 26.2 Å². The Labute approximate surface area is 166 Å². The fourth-order valence-electron chi connectivity index (χ4n) is 2.46. The Kier molecular flexibility index (Phi) is 8.67. The van der Waals surface area contributed by atoms with E-state index in [0.717, 1.165) is 24.0 Å². The molecule has 2 rings (SSSR count). The quantitative estimate of drug-likeness (QED) is 0.600. The van der Waals surface area contributed by atoms with E-state index < -0.39 is 0 Å². The van der Waals surface area contributed by atoms with Gasteiger partial charge in [0, 0.05) is 6.54 Å². The van der Waals surface area contributed by atoms with Gasteiger partial charge in [0.25, 0.3) is 5.91 Å². The third kappa shape index (κ3) is 6.84. The summed E-state index contributed by atoms with van der Waals surface area (Å²) in [5.41, 5.74) is 1.82. The highest BCUT2D eigenvalue weighted by atomic mass is 16.5. The molecule has 28 heavy (non-hydrogen) atoms. The number of rotatable bonds is 11. The number of nitriles is 1.